The lowest BCUT2D eigenvalue weighted by atomic mass is 10.1. The third-order valence-corrected chi connectivity index (χ3v) is 5.04. The van der Waals surface area contributed by atoms with E-state index < -0.39 is 33.8 Å². The van der Waals surface area contributed by atoms with Crippen molar-refractivity contribution in [2.45, 2.75) is 12.6 Å². The van der Waals surface area contributed by atoms with Crippen molar-refractivity contribution in [2.24, 2.45) is 5.73 Å². The fourth-order valence-corrected chi connectivity index (χ4v) is 3.71. The van der Waals surface area contributed by atoms with Gasteiger partial charge in [0.25, 0.3) is 11.8 Å². The van der Waals surface area contributed by atoms with Gasteiger partial charge in [-0.3, -0.25) is 9.59 Å². The molecule has 0 aromatic heterocycles. The van der Waals surface area contributed by atoms with E-state index in [9.17, 15) is 22.4 Å². The Morgan fingerprint density at radius 2 is 1.92 bits per heavy atom. The third-order valence-electron chi connectivity index (χ3n) is 3.80. The molecule has 1 aliphatic heterocycles. The van der Waals surface area contributed by atoms with Crippen LogP contribution in [-0.4, -0.2) is 68.0 Å². The minimum absolute atomic E-state index is 0.132. The van der Waals surface area contributed by atoms with Gasteiger partial charge in [-0.2, -0.15) is 4.31 Å². The van der Waals surface area contributed by atoms with Crippen LogP contribution in [0.25, 0.3) is 0 Å². The number of carbonyl (C=O) groups is 2. The summed E-state index contributed by atoms with van der Waals surface area (Å²) in [6, 6.07) is 4.86. The van der Waals surface area contributed by atoms with Crippen LogP contribution >= 0.6 is 0 Å². The predicted octanol–water partition coefficient (Wildman–Crippen LogP) is -0.666. The number of benzene rings is 1. The number of hydrogen-bond donors (Lipinski definition) is 2. The number of amides is 2. The van der Waals surface area contributed by atoms with Gasteiger partial charge in [-0.1, -0.05) is 0 Å². The number of rotatable bonds is 5. The van der Waals surface area contributed by atoms with Crippen LogP contribution in [0.2, 0.25) is 0 Å². The summed E-state index contributed by atoms with van der Waals surface area (Å²) in [6.07, 6.45) is 0.0794. The van der Waals surface area contributed by atoms with Crippen molar-refractivity contribution in [3.05, 3.63) is 35.6 Å². The summed E-state index contributed by atoms with van der Waals surface area (Å²) < 4.78 is 38.2. The van der Waals surface area contributed by atoms with Crippen LogP contribution in [0.1, 0.15) is 16.8 Å². The van der Waals surface area contributed by atoms with Crippen LogP contribution in [0.5, 0.6) is 0 Å². The molecule has 1 aromatic rings. The summed E-state index contributed by atoms with van der Waals surface area (Å²) in [5, 5.41) is 2.53. The van der Waals surface area contributed by atoms with E-state index in [0.29, 0.717) is 6.42 Å². The smallest absolute Gasteiger partial charge is 0.259 e. The van der Waals surface area contributed by atoms with E-state index in [0.717, 1.165) is 22.7 Å². The molecule has 1 unspecified atom stereocenters. The minimum Gasteiger partial charge on any atom is -0.352 e. The number of halogens is 1. The maximum Gasteiger partial charge on any atom is 0.259 e. The van der Waals surface area contributed by atoms with Gasteiger partial charge in [0, 0.05) is 31.7 Å². The molecule has 1 fully saturated rings. The molecule has 1 atom stereocenters. The van der Waals surface area contributed by atoms with Crippen LogP contribution in [0.3, 0.4) is 0 Å². The molecule has 0 bridgehead atoms. The zero-order valence-corrected chi connectivity index (χ0v) is 14.6. The SMILES string of the molecule is CS(=O)(=O)N1CCCN(C(=O)c2ccc(F)cc2)C1C(=O)NCCN. The van der Waals surface area contributed by atoms with Crippen LogP contribution in [0.4, 0.5) is 4.39 Å². The summed E-state index contributed by atoms with van der Waals surface area (Å²) in [4.78, 5) is 26.4. The molecule has 8 nitrogen and oxygen atoms in total. The molecule has 25 heavy (non-hydrogen) atoms. The fourth-order valence-electron chi connectivity index (χ4n) is 2.67. The second kappa shape index (κ2) is 7.89. The molecule has 2 amide bonds. The second-order valence-electron chi connectivity index (χ2n) is 5.69. The van der Waals surface area contributed by atoms with Crippen molar-refractivity contribution in [1.82, 2.24) is 14.5 Å². The van der Waals surface area contributed by atoms with Crippen LogP contribution < -0.4 is 11.1 Å². The quantitative estimate of drug-likeness (QED) is 0.712. The van der Waals surface area contributed by atoms with E-state index in [1.54, 1.807) is 0 Å². The summed E-state index contributed by atoms with van der Waals surface area (Å²) in [5.41, 5.74) is 5.54. The molecule has 1 saturated heterocycles. The van der Waals surface area contributed by atoms with Gasteiger partial charge in [-0.25, -0.2) is 12.8 Å². The Hall–Kier alpha value is -2.04. The Labute approximate surface area is 145 Å². The standard InChI is InChI=1S/C15H21FN4O4S/c1-25(23,24)20-10-2-9-19(14(20)13(21)18-8-7-17)15(22)11-3-5-12(16)6-4-11/h3-6,14H,2,7-10,17H2,1H3,(H,18,21). The number of carbonyl (C=O) groups excluding carboxylic acids is 2. The first-order chi connectivity index (χ1) is 11.8. The van der Waals surface area contributed by atoms with Gasteiger partial charge in [0.05, 0.1) is 6.26 Å². The summed E-state index contributed by atoms with van der Waals surface area (Å²) in [5.74, 6) is -1.66. The maximum atomic E-state index is 13.1. The first-order valence-electron chi connectivity index (χ1n) is 7.77. The molecular formula is C15H21FN4O4S. The van der Waals surface area contributed by atoms with Gasteiger partial charge >= 0.3 is 0 Å². The topological polar surface area (TPSA) is 113 Å². The van der Waals surface area contributed by atoms with Gasteiger partial charge in [0.2, 0.25) is 10.0 Å². The lowest BCUT2D eigenvalue weighted by Gasteiger charge is -2.41. The van der Waals surface area contributed by atoms with Crippen LogP contribution in [0.15, 0.2) is 24.3 Å². The molecule has 3 N–H and O–H groups in total. The predicted molar refractivity (Wildman–Crippen MR) is 89.5 cm³/mol. The Morgan fingerprint density at radius 3 is 2.48 bits per heavy atom. The summed E-state index contributed by atoms with van der Waals surface area (Å²) >= 11 is 0. The van der Waals surface area contributed by atoms with E-state index >= 15 is 0 Å². The van der Waals surface area contributed by atoms with E-state index in [4.69, 9.17) is 5.73 Å². The lowest BCUT2D eigenvalue weighted by Crippen LogP contribution is -2.63. The van der Waals surface area contributed by atoms with E-state index in [1.807, 2.05) is 0 Å². The number of sulfonamides is 1. The van der Waals surface area contributed by atoms with Gasteiger partial charge in [0.15, 0.2) is 6.17 Å². The number of hydrogen-bond acceptors (Lipinski definition) is 5. The Balaban J connectivity index is 2.36. The molecular weight excluding hydrogens is 351 g/mol. The normalized spacial score (nSPS) is 18.8. The highest BCUT2D eigenvalue weighted by molar-refractivity contribution is 7.88. The van der Waals surface area contributed by atoms with Crippen LogP contribution in [-0.2, 0) is 14.8 Å². The molecule has 138 valence electrons. The van der Waals surface area contributed by atoms with Crippen molar-refractivity contribution in [1.29, 1.82) is 0 Å². The highest BCUT2D eigenvalue weighted by Gasteiger charge is 2.42. The van der Waals surface area contributed by atoms with E-state index in [-0.39, 0.29) is 31.7 Å². The molecule has 1 aliphatic rings. The average molecular weight is 372 g/mol. The van der Waals surface area contributed by atoms with E-state index in [2.05, 4.69) is 5.32 Å². The molecule has 1 heterocycles. The largest absolute Gasteiger partial charge is 0.352 e. The van der Waals surface area contributed by atoms with Crippen molar-refractivity contribution in [3.63, 3.8) is 0 Å². The molecule has 1 aromatic carbocycles. The molecule has 0 spiro atoms. The van der Waals surface area contributed by atoms with Crippen molar-refractivity contribution in [2.75, 3.05) is 32.4 Å². The molecule has 2 rings (SSSR count). The first-order valence-corrected chi connectivity index (χ1v) is 9.61. The van der Waals surface area contributed by atoms with Crippen molar-refractivity contribution in [3.8, 4) is 0 Å². The highest BCUT2D eigenvalue weighted by atomic mass is 32.2. The summed E-state index contributed by atoms with van der Waals surface area (Å²) in [7, 11) is -3.71. The molecule has 0 aliphatic carbocycles. The molecule has 0 radical (unpaired) electrons. The Kier molecular flexibility index (Phi) is 6.09. The van der Waals surface area contributed by atoms with Gasteiger partial charge in [-0.05, 0) is 30.7 Å². The monoisotopic (exact) mass is 372 g/mol. The zero-order chi connectivity index (χ0) is 18.6. The van der Waals surface area contributed by atoms with Crippen LogP contribution in [0, 0.1) is 5.82 Å². The molecule has 0 saturated carbocycles. The van der Waals surface area contributed by atoms with Crippen molar-refractivity contribution < 1.29 is 22.4 Å². The average Bonchev–Trinajstić information content (AvgIpc) is 2.58. The first kappa shape index (κ1) is 19.3. The minimum atomic E-state index is -3.71. The van der Waals surface area contributed by atoms with E-state index in [1.165, 1.54) is 17.0 Å². The number of nitrogens with zero attached hydrogens (tertiary/aromatic N) is 2. The Bertz CT molecular complexity index is 738. The van der Waals surface area contributed by atoms with Gasteiger partial charge in [-0.15, -0.1) is 0 Å². The Morgan fingerprint density at radius 1 is 1.28 bits per heavy atom. The molecule has 10 heteroatoms. The number of nitrogens with two attached hydrogens (primary N) is 1. The maximum absolute atomic E-state index is 13.1. The third kappa shape index (κ3) is 4.53. The summed E-state index contributed by atoms with van der Waals surface area (Å²) in [6.45, 7) is 0.685. The second-order valence-corrected chi connectivity index (χ2v) is 7.62. The fraction of sp³-hybridized carbons (Fsp3) is 0.467. The van der Waals surface area contributed by atoms with Crippen molar-refractivity contribution >= 4 is 21.8 Å². The zero-order valence-electron chi connectivity index (χ0n) is 13.8. The lowest BCUT2D eigenvalue weighted by molar-refractivity contribution is -0.130. The van der Waals surface area contributed by atoms with Gasteiger partial charge < -0.3 is 16.0 Å². The number of nitrogens with one attached hydrogen (secondary N) is 1. The highest BCUT2D eigenvalue weighted by Crippen LogP contribution is 2.21. The van der Waals surface area contributed by atoms with Gasteiger partial charge in [0.1, 0.15) is 5.82 Å².